The van der Waals surface area contributed by atoms with Gasteiger partial charge >= 0.3 is 0 Å². The number of benzene rings is 1. The number of hydrogen-bond donors (Lipinski definition) is 1. The fraction of sp³-hybridized carbons (Fsp3) is 0.500. The predicted molar refractivity (Wildman–Crippen MR) is 70.9 cm³/mol. The number of hydrogen-bond acceptors (Lipinski definition) is 3. The van der Waals surface area contributed by atoms with Gasteiger partial charge in [-0.25, -0.2) is 0 Å². The second kappa shape index (κ2) is 6.40. The van der Waals surface area contributed by atoms with Crippen LogP contribution in [0, 0.1) is 13.8 Å². The lowest BCUT2D eigenvalue weighted by molar-refractivity contribution is -0.132. The highest BCUT2D eigenvalue weighted by Crippen LogP contribution is 2.24. The summed E-state index contributed by atoms with van der Waals surface area (Å²) >= 11 is 0. The van der Waals surface area contributed by atoms with Gasteiger partial charge in [-0.3, -0.25) is 4.79 Å². The molecule has 0 spiro atoms. The molecule has 0 aliphatic rings. The van der Waals surface area contributed by atoms with Gasteiger partial charge in [0.1, 0.15) is 12.4 Å². The van der Waals surface area contributed by atoms with Crippen LogP contribution in [0.1, 0.15) is 16.7 Å². The molecular formula is C14H21NO3. The van der Waals surface area contributed by atoms with Gasteiger partial charge in [0.25, 0.3) is 0 Å². The lowest BCUT2D eigenvalue weighted by Crippen LogP contribution is -2.31. The van der Waals surface area contributed by atoms with Crippen LogP contribution in [0.25, 0.3) is 0 Å². The van der Waals surface area contributed by atoms with Crippen LogP contribution in [0.3, 0.4) is 0 Å². The average Bonchev–Trinajstić information content (AvgIpc) is 2.35. The lowest BCUT2D eigenvalue weighted by atomic mass is 10.0. The van der Waals surface area contributed by atoms with Crippen molar-refractivity contribution in [3.63, 3.8) is 0 Å². The molecule has 0 aliphatic heterocycles. The maximum atomic E-state index is 11.3. The number of carbonyl (C=O) groups is 1. The molecule has 0 fully saturated rings. The molecule has 0 bridgehead atoms. The fourth-order valence-corrected chi connectivity index (χ4v) is 1.99. The summed E-state index contributed by atoms with van der Waals surface area (Å²) in [7, 11) is 3.34. The first-order valence-electron chi connectivity index (χ1n) is 5.98. The van der Waals surface area contributed by atoms with Gasteiger partial charge in [-0.1, -0.05) is 6.07 Å². The molecule has 1 amide bonds. The Morgan fingerprint density at radius 2 is 2.06 bits per heavy atom. The Hall–Kier alpha value is -1.55. The van der Waals surface area contributed by atoms with Crippen LogP contribution in [-0.4, -0.2) is 43.2 Å². The van der Waals surface area contributed by atoms with Crippen molar-refractivity contribution >= 4 is 5.91 Å². The molecule has 0 atom stereocenters. The van der Waals surface area contributed by atoms with E-state index in [0.29, 0.717) is 6.54 Å². The monoisotopic (exact) mass is 251 g/mol. The number of rotatable bonds is 5. The number of likely N-dealkylation sites (N-methyl/N-ethyl adjacent to an activating group) is 1. The Kier molecular flexibility index (Phi) is 5.16. The first kappa shape index (κ1) is 14.5. The van der Waals surface area contributed by atoms with E-state index < -0.39 is 6.61 Å². The maximum absolute atomic E-state index is 11.3. The third-order valence-electron chi connectivity index (χ3n) is 3.05. The molecule has 0 unspecified atom stereocenters. The summed E-state index contributed by atoms with van der Waals surface area (Å²) in [4.78, 5) is 12.8. The number of methoxy groups -OCH3 is 1. The van der Waals surface area contributed by atoms with Crippen LogP contribution >= 0.6 is 0 Å². The van der Waals surface area contributed by atoms with Crippen molar-refractivity contribution in [1.29, 1.82) is 0 Å². The SMILES string of the molecule is COc1cc(C)cc(C)c1CCN(C)C(=O)CO. The van der Waals surface area contributed by atoms with Crippen LogP contribution in [0.5, 0.6) is 5.75 Å². The summed E-state index contributed by atoms with van der Waals surface area (Å²) in [6.45, 7) is 4.19. The van der Waals surface area contributed by atoms with Crippen molar-refractivity contribution in [2.24, 2.45) is 0 Å². The largest absolute Gasteiger partial charge is 0.496 e. The van der Waals surface area contributed by atoms with Crippen molar-refractivity contribution in [1.82, 2.24) is 4.90 Å². The van der Waals surface area contributed by atoms with E-state index in [1.807, 2.05) is 19.9 Å². The third kappa shape index (κ3) is 3.47. The quantitative estimate of drug-likeness (QED) is 0.858. The zero-order valence-corrected chi connectivity index (χ0v) is 11.5. The number of ether oxygens (including phenoxy) is 1. The number of amides is 1. The zero-order valence-electron chi connectivity index (χ0n) is 11.5. The molecule has 0 aliphatic carbocycles. The van der Waals surface area contributed by atoms with Crippen molar-refractivity contribution in [2.45, 2.75) is 20.3 Å². The van der Waals surface area contributed by atoms with Gasteiger partial charge in [-0.2, -0.15) is 0 Å². The molecule has 0 saturated heterocycles. The Labute approximate surface area is 108 Å². The zero-order chi connectivity index (χ0) is 13.7. The van der Waals surface area contributed by atoms with Crippen LogP contribution in [0.4, 0.5) is 0 Å². The number of aliphatic hydroxyl groups excluding tert-OH is 1. The summed E-state index contributed by atoms with van der Waals surface area (Å²) in [5, 5.41) is 8.78. The second-order valence-electron chi connectivity index (χ2n) is 4.49. The first-order valence-corrected chi connectivity index (χ1v) is 5.98. The number of carbonyl (C=O) groups excluding carboxylic acids is 1. The first-order chi connectivity index (χ1) is 8.49. The highest BCUT2D eigenvalue weighted by Gasteiger charge is 2.11. The summed E-state index contributed by atoms with van der Waals surface area (Å²) in [6.07, 6.45) is 0.720. The van der Waals surface area contributed by atoms with E-state index in [4.69, 9.17) is 9.84 Å². The normalized spacial score (nSPS) is 10.3. The van der Waals surface area contributed by atoms with E-state index in [0.717, 1.165) is 28.9 Å². The van der Waals surface area contributed by atoms with E-state index >= 15 is 0 Å². The third-order valence-corrected chi connectivity index (χ3v) is 3.05. The van der Waals surface area contributed by atoms with Crippen molar-refractivity contribution < 1.29 is 14.6 Å². The minimum Gasteiger partial charge on any atom is -0.496 e. The summed E-state index contributed by atoms with van der Waals surface area (Å²) in [6, 6.07) is 4.10. The second-order valence-corrected chi connectivity index (χ2v) is 4.49. The number of nitrogens with zero attached hydrogens (tertiary/aromatic N) is 1. The van der Waals surface area contributed by atoms with Crippen LogP contribution in [-0.2, 0) is 11.2 Å². The van der Waals surface area contributed by atoms with Gasteiger partial charge in [0.05, 0.1) is 7.11 Å². The van der Waals surface area contributed by atoms with Crippen molar-refractivity contribution in [3.05, 3.63) is 28.8 Å². The lowest BCUT2D eigenvalue weighted by Gasteiger charge is -2.18. The van der Waals surface area contributed by atoms with Gasteiger partial charge in [-0.05, 0) is 43.0 Å². The molecule has 0 heterocycles. The summed E-state index contributed by atoms with van der Waals surface area (Å²) in [5.41, 5.74) is 3.44. The maximum Gasteiger partial charge on any atom is 0.248 e. The van der Waals surface area contributed by atoms with Gasteiger partial charge in [0, 0.05) is 13.6 Å². The van der Waals surface area contributed by atoms with Gasteiger partial charge in [0.2, 0.25) is 5.91 Å². The molecule has 100 valence electrons. The Morgan fingerprint density at radius 3 is 2.61 bits per heavy atom. The minimum absolute atomic E-state index is 0.265. The van der Waals surface area contributed by atoms with Crippen LogP contribution in [0.2, 0.25) is 0 Å². The molecule has 0 saturated carbocycles. The molecule has 0 aromatic heterocycles. The van der Waals surface area contributed by atoms with Crippen molar-refractivity contribution in [3.8, 4) is 5.75 Å². The molecule has 1 N–H and O–H groups in total. The molecule has 0 radical (unpaired) electrons. The molecule has 18 heavy (non-hydrogen) atoms. The topological polar surface area (TPSA) is 49.8 Å². The van der Waals surface area contributed by atoms with Crippen LogP contribution in [0.15, 0.2) is 12.1 Å². The fourth-order valence-electron chi connectivity index (χ4n) is 1.99. The summed E-state index contributed by atoms with van der Waals surface area (Å²) < 4.78 is 5.37. The van der Waals surface area contributed by atoms with E-state index in [1.54, 1.807) is 14.2 Å². The molecule has 4 heteroatoms. The van der Waals surface area contributed by atoms with E-state index in [-0.39, 0.29) is 5.91 Å². The van der Waals surface area contributed by atoms with Gasteiger partial charge in [0.15, 0.2) is 0 Å². The van der Waals surface area contributed by atoms with E-state index in [9.17, 15) is 4.79 Å². The van der Waals surface area contributed by atoms with Gasteiger partial charge < -0.3 is 14.7 Å². The molecule has 1 aromatic carbocycles. The molecule has 4 nitrogen and oxygen atoms in total. The number of aliphatic hydroxyl groups is 1. The average molecular weight is 251 g/mol. The van der Waals surface area contributed by atoms with E-state index in [2.05, 4.69) is 6.07 Å². The molecular weight excluding hydrogens is 230 g/mol. The van der Waals surface area contributed by atoms with Gasteiger partial charge in [-0.15, -0.1) is 0 Å². The number of aryl methyl sites for hydroxylation is 2. The molecule has 1 aromatic rings. The highest BCUT2D eigenvalue weighted by molar-refractivity contribution is 5.76. The Morgan fingerprint density at radius 1 is 1.39 bits per heavy atom. The predicted octanol–water partition coefficient (Wildman–Crippen LogP) is 1.31. The van der Waals surface area contributed by atoms with E-state index in [1.165, 1.54) is 4.90 Å². The molecule has 1 rings (SSSR count). The minimum atomic E-state index is -0.444. The smallest absolute Gasteiger partial charge is 0.248 e. The van der Waals surface area contributed by atoms with Crippen molar-refractivity contribution in [2.75, 3.05) is 27.3 Å². The summed E-state index contributed by atoms with van der Waals surface area (Å²) in [5.74, 6) is 0.594. The Balaban J connectivity index is 2.81. The standard InChI is InChI=1S/C14H21NO3/c1-10-7-11(2)12(13(8-10)18-4)5-6-15(3)14(17)9-16/h7-8,16H,5-6,9H2,1-4H3. The highest BCUT2D eigenvalue weighted by atomic mass is 16.5. The van der Waals surface area contributed by atoms with Crippen LogP contribution < -0.4 is 4.74 Å². The Bertz CT molecular complexity index is 429.